The summed E-state index contributed by atoms with van der Waals surface area (Å²) in [6.45, 7) is 11.7. The first-order valence-electron chi connectivity index (χ1n) is 11.4. The van der Waals surface area contributed by atoms with Gasteiger partial charge in [0.1, 0.15) is 11.5 Å². The van der Waals surface area contributed by atoms with E-state index in [0.29, 0.717) is 55.1 Å². The Bertz CT molecular complexity index is 1030. The number of rotatable bonds is 14. The molecule has 2 aromatic carbocycles. The van der Waals surface area contributed by atoms with Gasteiger partial charge in [0.2, 0.25) is 0 Å². The van der Waals surface area contributed by atoms with Gasteiger partial charge in [0.25, 0.3) is 0 Å². The van der Waals surface area contributed by atoms with Crippen molar-refractivity contribution in [1.82, 2.24) is 0 Å². The molecular weight excluding hydrogens is 740 g/mol. The van der Waals surface area contributed by atoms with Crippen LogP contribution in [-0.2, 0) is 25.5 Å². The molecule has 2 aromatic rings. The standard InChI is InChI=1S/C27H28Br4O6/c1-16(2)26(32)36-9-5-7-34-24-20(28)12-18(13-21(24)29)11-19-14-22(30)25(23(31)15-19)35-8-6-10-37-27(33)17(3)4/h12-15H,1,3,5-11H2,2,4H3. The van der Waals surface area contributed by atoms with Gasteiger partial charge < -0.3 is 18.9 Å². The van der Waals surface area contributed by atoms with E-state index < -0.39 is 11.9 Å². The van der Waals surface area contributed by atoms with Gasteiger partial charge in [-0.15, -0.1) is 0 Å². The van der Waals surface area contributed by atoms with E-state index in [9.17, 15) is 9.59 Å². The zero-order chi connectivity index (χ0) is 27.5. The molecule has 0 aliphatic rings. The summed E-state index contributed by atoms with van der Waals surface area (Å²) in [5.74, 6) is 0.586. The summed E-state index contributed by atoms with van der Waals surface area (Å²) < 4.78 is 25.2. The van der Waals surface area contributed by atoms with Crippen LogP contribution in [0.2, 0.25) is 0 Å². The molecule has 0 aliphatic carbocycles. The molecule has 0 unspecified atom stereocenters. The van der Waals surface area contributed by atoms with E-state index in [1.165, 1.54) is 0 Å². The fourth-order valence-electron chi connectivity index (χ4n) is 2.98. The normalized spacial score (nSPS) is 10.5. The molecule has 0 bridgehead atoms. The summed E-state index contributed by atoms with van der Waals surface area (Å²) in [7, 11) is 0. The van der Waals surface area contributed by atoms with Crippen molar-refractivity contribution in [2.45, 2.75) is 33.1 Å². The highest BCUT2D eigenvalue weighted by atomic mass is 79.9. The van der Waals surface area contributed by atoms with Crippen molar-refractivity contribution in [1.29, 1.82) is 0 Å². The Labute approximate surface area is 251 Å². The Morgan fingerprint density at radius 1 is 0.649 bits per heavy atom. The lowest BCUT2D eigenvalue weighted by molar-refractivity contribution is -0.140. The van der Waals surface area contributed by atoms with Crippen LogP contribution in [-0.4, -0.2) is 38.4 Å². The average molecular weight is 768 g/mol. The Morgan fingerprint density at radius 3 is 1.27 bits per heavy atom. The van der Waals surface area contributed by atoms with E-state index in [4.69, 9.17) is 18.9 Å². The predicted molar refractivity (Wildman–Crippen MR) is 158 cm³/mol. The fraction of sp³-hybridized carbons (Fsp3) is 0.333. The van der Waals surface area contributed by atoms with Crippen molar-refractivity contribution >= 4 is 75.7 Å². The second-order valence-electron chi connectivity index (χ2n) is 8.19. The van der Waals surface area contributed by atoms with Gasteiger partial charge in [0.15, 0.2) is 0 Å². The Kier molecular flexibility index (Phi) is 13.4. The maximum atomic E-state index is 11.4. The lowest BCUT2D eigenvalue weighted by atomic mass is 10.0. The number of esters is 2. The third kappa shape index (κ3) is 10.6. The van der Waals surface area contributed by atoms with Gasteiger partial charge in [-0.2, -0.15) is 0 Å². The summed E-state index contributed by atoms with van der Waals surface area (Å²) in [6, 6.07) is 8.05. The molecule has 0 aliphatic heterocycles. The smallest absolute Gasteiger partial charge is 0.333 e. The summed E-state index contributed by atoms with van der Waals surface area (Å²) in [5.41, 5.74) is 2.91. The van der Waals surface area contributed by atoms with Gasteiger partial charge in [-0.1, -0.05) is 13.2 Å². The number of ether oxygens (including phenoxy) is 4. The van der Waals surface area contributed by atoms with Crippen molar-refractivity contribution < 1.29 is 28.5 Å². The molecule has 0 heterocycles. The number of hydrogen-bond acceptors (Lipinski definition) is 6. The van der Waals surface area contributed by atoms with Crippen LogP contribution in [0.4, 0.5) is 0 Å². The fourth-order valence-corrected chi connectivity index (χ4v) is 6.00. The van der Waals surface area contributed by atoms with E-state index in [2.05, 4.69) is 76.9 Å². The summed E-state index contributed by atoms with van der Waals surface area (Å²) >= 11 is 14.4. The van der Waals surface area contributed by atoms with Crippen LogP contribution in [0.25, 0.3) is 0 Å². The molecule has 2 rings (SSSR count). The Hall–Kier alpha value is -1.62. The molecule has 200 valence electrons. The largest absolute Gasteiger partial charge is 0.491 e. The molecule has 0 atom stereocenters. The molecular formula is C27H28Br4O6. The van der Waals surface area contributed by atoms with Crippen LogP contribution in [0.1, 0.15) is 37.8 Å². The van der Waals surface area contributed by atoms with Crippen LogP contribution in [0.5, 0.6) is 11.5 Å². The highest BCUT2D eigenvalue weighted by molar-refractivity contribution is 9.11. The molecule has 0 saturated carbocycles. The van der Waals surface area contributed by atoms with Gasteiger partial charge in [0, 0.05) is 24.0 Å². The van der Waals surface area contributed by atoms with Crippen LogP contribution in [0, 0.1) is 0 Å². The summed E-state index contributed by atoms with van der Waals surface area (Å²) in [5, 5.41) is 0. The number of carbonyl (C=O) groups excluding carboxylic acids is 2. The molecule has 0 radical (unpaired) electrons. The molecule has 0 fully saturated rings. The van der Waals surface area contributed by atoms with Crippen molar-refractivity contribution in [3.05, 3.63) is 77.6 Å². The minimum Gasteiger partial charge on any atom is -0.491 e. The summed E-state index contributed by atoms with van der Waals surface area (Å²) in [4.78, 5) is 22.9. The maximum absolute atomic E-state index is 11.4. The van der Waals surface area contributed by atoms with Crippen LogP contribution < -0.4 is 9.47 Å². The molecule has 0 saturated heterocycles. The monoisotopic (exact) mass is 764 g/mol. The van der Waals surface area contributed by atoms with E-state index in [0.717, 1.165) is 29.0 Å². The van der Waals surface area contributed by atoms with Crippen LogP contribution in [0.3, 0.4) is 0 Å². The molecule has 0 amide bonds. The first kappa shape index (κ1) is 31.6. The lowest BCUT2D eigenvalue weighted by Crippen LogP contribution is -2.09. The topological polar surface area (TPSA) is 71.1 Å². The summed E-state index contributed by atoms with van der Waals surface area (Å²) in [6.07, 6.45) is 1.81. The average Bonchev–Trinajstić information content (AvgIpc) is 2.81. The van der Waals surface area contributed by atoms with E-state index in [1.807, 2.05) is 24.3 Å². The quantitative estimate of drug-likeness (QED) is 0.110. The Morgan fingerprint density at radius 2 is 0.973 bits per heavy atom. The van der Waals surface area contributed by atoms with Gasteiger partial charge in [0.05, 0.1) is 44.3 Å². The maximum Gasteiger partial charge on any atom is 0.333 e. The minimum absolute atomic E-state index is 0.269. The van der Waals surface area contributed by atoms with Crippen LogP contribution in [0.15, 0.2) is 66.5 Å². The van der Waals surface area contributed by atoms with Gasteiger partial charge in [-0.05, 0) is 119 Å². The third-order valence-corrected chi connectivity index (χ3v) is 7.11. The molecule has 0 aromatic heterocycles. The molecule has 10 heteroatoms. The van der Waals surface area contributed by atoms with Crippen molar-refractivity contribution in [2.75, 3.05) is 26.4 Å². The van der Waals surface area contributed by atoms with E-state index in [-0.39, 0.29) is 13.2 Å². The zero-order valence-electron chi connectivity index (χ0n) is 20.6. The second kappa shape index (κ2) is 15.7. The van der Waals surface area contributed by atoms with E-state index >= 15 is 0 Å². The van der Waals surface area contributed by atoms with Gasteiger partial charge in [-0.25, -0.2) is 9.59 Å². The number of hydrogen-bond donors (Lipinski definition) is 0. The van der Waals surface area contributed by atoms with E-state index in [1.54, 1.807) is 13.8 Å². The minimum atomic E-state index is -0.397. The zero-order valence-corrected chi connectivity index (χ0v) is 27.0. The van der Waals surface area contributed by atoms with Crippen molar-refractivity contribution in [3.63, 3.8) is 0 Å². The highest BCUT2D eigenvalue weighted by Gasteiger charge is 2.13. The SMILES string of the molecule is C=C(C)C(=O)OCCCOc1c(Br)cc(Cc2cc(Br)c(OCCCOC(=O)C(=C)C)c(Br)c2)cc1Br. The lowest BCUT2D eigenvalue weighted by Gasteiger charge is -2.14. The van der Waals surface area contributed by atoms with Crippen molar-refractivity contribution in [2.24, 2.45) is 0 Å². The highest BCUT2D eigenvalue weighted by Crippen LogP contribution is 2.38. The van der Waals surface area contributed by atoms with Gasteiger partial charge in [-0.3, -0.25) is 0 Å². The first-order valence-corrected chi connectivity index (χ1v) is 14.5. The van der Waals surface area contributed by atoms with Crippen molar-refractivity contribution in [3.8, 4) is 11.5 Å². The molecule has 37 heavy (non-hydrogen) atoms. The number of carbonyl (C=O) groups is 2. The molecule has 0 N–H and O–H groups in total. The number of benzene rings is 2. The Balaban J connectivity index is 1.92. The first-order chi connectivity index (χ1) is 17.5. The molecule has 6 nitrogen and oxygen atoms in total. The number of halogens is 4. The predicted octanol–water partition coefficient (Wildman–Crippen LogP) is 8.10. The van der Waals surface area contributed by atoms with Crippen LogP contribution >= 0.6 is 63.7 Å². The molecule has 0 spiro atoms. The third-order valence-electron chi connectivity index (χ3n) is 4.76. The second-order valence-corrected chi connectivity index (χ2v) is 11.6. The van der Waals surface area contributed by atoms with Gasteiger partial charge >= 0.3 is 11.9 Å².